The summed E-state index contributed by atoms with van der Waals surface area (Å²) in [6, 6.07) is 11.7. The molecule has 2 aromatic rings. The molecule has 0 aliphatic heterocycles. The van der Waals surface area contributed by atoms with E-state index in [0.717, 1.165) is 15.6 Å². The van der Waals surface area contributed by atoms with Gasteiger partial charge >= 0.3 is 0 Å². The molecule has 0 aliphatic carbocycles. The van der Waals surface area contributed by atoms with Crippen molar-refractivity contribution in [2.24, 2.45) is 5.73 Å². The summed E-state index contributed by atoms with van der Waals surface area (Å²) in [5, 5.41) is 0. The molecule has 1 aromatic heterocycles. The Morgan fingerprint density at radius 3 is 2.89 bits per heavy atom. The molecule has 0 unspecified atom stereocenters. The Hall–Kier alpha value is -1.39. The first kappa shape index (κ1) is 13.1. The maximum absolute atomic E-state index is 5.88. The summed E-state index contributed by atoms with van der Waals surface area (Å²) in [6.07, 6.45) is 1.71. The van der Waals surface area contributed by atoms with Gasteiger partial charge in [0.05, 0.1) is 0 Å². The maximum Gasteiger partial charge on any atom is 0.218 e. The normalized spacial score (nSPS) is 12.2. The van der Waals surface area contributed by atoms with Crippen LogP contribution in [0.15, 0.2) is 47.1 Å². The standard InChI is InChI=1S/C14H15BrN2O/c1-10(16)13-6-3-7-17-14(13)18-9-11-4-2-5-12(15)8-11/h2-8,10H,9,16H2,1H3/t10-/m1/s1. The van der Waals surface area contributed by atoms with Crippen molar-refractivity contribution in [2.75, 3.05) is 0 Å². The predicted molar refractivity (Wildman–Crippen MR) is 75.3 cm³/mol. The molecule has 0 amide bonds. The van der Waals surface area contributed by atoms with Crippen molar-refractivity contribution < 1.29 is 4.74 Å². The monoisotopic (exact) mass is 306 g/mol. The van der Waals surface area contributed by atoms with Gasteiger partial charge in [-0.25, -0.2) is 4.98 Å². The van der Waals surface area contributed by atoms with E-state index in [4.69, 9.17) is 10.5 Å². The average Bonchev–Trinajstić information content (AvgIpc) is 2.37. The van der Waals surface area contributed by atoms with Crippen molar-refractivity contribution in [3.8, 4) is 5.88 Å². The van der Waals surface area contributed by atoms with Crippen molar-refractivity contribution in [1.82, 2.24) is 4.98 Å². The van der Waals surface area contributed by atoms with Crippen molar-refractivity contribution in [3.63, 3.8) is 0 Å². The maximum atomic E-state index is 5.88. The van der Waals surface area contributed by atoms with E-state index in [9.17, 15) is 0 Å². The second-order valence-electron chi connectivity index (χ2n) is 4.11. The summed E-state index contributed by atoms with van der Waals surface area (Å²) in [5.74, 6) is 0.604. The van der Waals surface area contributed by atoms with Crippen LogP contribution in [0.4, 0.5) is 0 Å². The smallest absolute Gasteiger partial charge is 0.218 e. The molecule has 2 rings (SSSR count). The molecule has 0 saturated heterocycles. The Morgan fingerprint density at radius 2 is 2.17 bits per heavy atom. The number of hydrogen-bond donors (Lipinski definition) is 1. The van der Waals surface area contributed by atoms with Crippen molar-refractivity contribution in [2.45, 2.75) is 19.6 Å². The molecular formula is C14H15BrN2O. The Kier molecular flexibility index (Phi) is 4.33. The first-order valence-electron chi connectivity index (χ1n) is 5.74. The Labute approximate surface area is 115 Å². The van der Waals surface area contributed by atoms with Crippen LogP contribution in [0.5, 0.6) is 5.88 Å². The molecule has 18 heavy (non-hydrogen) atoms. The lowest BCUT2D eigenvalue weighted by molar-refractivity contribution is 0.289. The largest absolute Gasteiger partial charge is 0.473 e. The fraction of sp³-hybridized carbons (Fsp3) is 0.214. The second kappa shape index (κ2) is 5.98. The van der Waals surface area contributed by atoms with Gasteiger partial charge < -0.3 is 10.5 Å². The zero-order valence-corrected chi connectivity index (χ0v) is 11.7. The lowest BCUT2D eigenvalue weighted by atomic mass is 10.1. The van der Waals surface area contributed by atoms with E-state index in [0.29, 0.717) is 12.5 Å². The first-order valence-corrected chi connectivity index (χ1v) is 6.54. The van der Waals surface area contributed by atoms with Gasteiger partial charge in [0.15, 0.2) is 0 Å². The van der Waals surface area contributed by atoms with Crippen LogP contribution in [-0.4, -0.2) is 4.98 Å². The quantitative estimate of drug-likeness (QED) is 0.941. The SMILES string of the molecule is C[C@@H](N)c1cccnc1OCc1cccc(Br)c1. The third-order valence-corrected chi connectivity index (χ3v) is 3.05. The molecule has 1 heterocycles. The first-order chi connectivity index (χ1) is 8.66. The van der Waals surface area contributed by atoms with E-state index in [1.165, 1.54) is 0 Å². The van der Waals surface area contributed by atoms with Crippen LogP contribution in [0.2, 0.25) is 0 Å². The second-order valence-corrected chi connectivity index (χ2v) is 5.02. The van der Waals surface area contributed by atoms with Gasteiger partial charge in [-0.3, -0.25) is 0 Å². The van der Waals surface area contributed by atoms with Gasteiger partial charge in [-0.15, -0.1) is 0 Å². The van der Waals surface area contributed by atoms with E-state index in [1.807, 2.05) is 43.3 Å². The minimum atomic E-state index is -0.0868. The number of pyridine rings is 1. The van der Waals surface area contributed by atoms with Crippen molar-refractivity contribution >= 4 is 15.9 Å². The van der Waals surface area contributed by atoms with Gasteiger partial charge in [0.1, 0.15) is 6.61 Å². The number of benzene rings is 1. The van der Waals surface area contributed by atoms with Crippen LogP contribution in [0.3, 0.4) is 0 Å². The van der Waals surface area contributed by atoms with Crippen LogP contribution in [0.25, 0.3) is 0 Å². The van der Waals surface area contributed by atoms with Gasteiger partial charge in [0.2, 0.25) is 5.88 Å². The number of aromatic nitrogens is 1. The number of rotatable bonds is 4. The van der Waals surface area contributed by atoms with Gasteiger partial charge in [0, 0.05) is 22.3 Å². The summed E-state index contributed by atoms with van der Waals surface area (Å²) in [7, 11) is 0. The average molecular weight is 307 g/mol. The van der Waals surface area contributed by atoms with E-state index >= 15 is 0 Å². The van der Waals surface area contributed by atoms with E-state index in [-0.39, 0.29) is 6.04 Å². The van der Waals surface area contributed by atoms with Gasteiger partial charge in [-0.2, -0.15) is 0 Å². The summed E-state index contributed by atoms with van der Waals surface area (Å²) < 4.78 is 6.77. The number of nitrogens with two attached hydrogens (primary N) is 1. The van der Waals surface area contributed by atoms with Gasteiger partial charge in [-0.05, 0) is 30.7 Å². The molecule has 0 spiro atoms. The Morgan fingerprint density at radius 1 is 1.33 bits per heavy atom. The lowest BCUT2D eigenvalue weighted by Gasteiger charge is -2.12. The topological polar surface area (TPSA) is 48.1 Å². The molecule has 0 fully saturated rings. The van der Waals surface area contributed by atoms with Crippen molar-refractivity contribution in [1.29, 1.82) is 0 Å². The summed E-state index contributed by atoms with van der Waals surface area (Å²) in [6.45, 7) is 2.40. The highest BCUT2D eigenvalue weighted by Crippen LogP contribution is 2.21. The van der Waals surface area contributed by atoms with Gasteiger partial charge in [-0.1, -0.05) is 34.1 Å². The predicted octanol–water partition coefficient (Wildman–Crippen LogP) is 3.44. The molecule has 3 nitrogen and oxygen atoms in total. The van der Waals surface area contributed by atoms with Crippen LogP contribution in [-0.2, 0) is 6.61 Å². The summed E-state index contributed by atoms with van der Waals surface area (Å²) in [4.78, 5) is 4.22. The molecule has 0 aliphatic rings. The zero-order valence-electron chi connectivity index (χ0n) is 10.1. The highest BCUT2D eigenvalue weighted by molar-refractivity contribution is 9.10. The molecule has 4 heteroatoms. The Bertz CT molecular complexity index is 529. The Balaban J connectivity index is 2.11. The van der Waals surface area contributed by atoms with Crippen LogP contribution in [0.1, 0.15) is 24.1 Å². The molecule has 2 N–H and O–H groups in total. The molecule has 94 valence electrons. The molecule has 1 aromatic carbocycles. The molecule has 0 bridgehead atoms. The molecule has 1 atom stereocenters. The number of nitrogens with zero attached hydrogens (tertiary/aromatic N) is 1. The fourth-order valence-corrected chi connectivity index (χ4v) is 2.10. The number of halogens is 1. The van der Waals surface area contributed by atoms with Crippen LogP contribution < -0.4 is 10.5 Å². The summed E-state index contributed by atoms with van der Waals surface area (Å²) >= 11 is 3.43. The van der Waals surface area contributed by atoms with E-state index in [2.05, 4.69) is 20.9 Å². The van der Waals surface area contributed by atoms with E-state index < -0.39 is 0 Å². The van der Waals surface area contributed by atoms with E-state index in [1.54, 1.807) is 6.20 Å². The zero-order chi connectivity index (χ0) is 13.0. The van der Waals surface area contributed by atoms with Gasteiger partial charge in [0.25, 0.3) is 0 Å². The van der Waals surface area contributed by atoms with Crippen LogP contribution >= 0.6 is 15.9 Å². The minimum absolute atomic E-state index is 0.0868. The molecular weight excluding hydrogens is 292 g/mol. The highest BCUT2D eigenvalue weighted by atomic mass is 79.9. The number of hydrogen-bond acceptors (Lipinski definition) is 3. The minimum Gasteiger partial charge on any atom is -0.473 e. The number of ether oxygens (including phenoxy) is 1. The van der Waals surface area contributed by atoms with Crippen LogP contribution in [0, 0.1) is 0 Å². The lowest BCUT2D eigenvalue weighted by Crippen LogP contribution is -2.09. The third-order valence-electron chi connectivity index (χ3n) is 2.56. The fourth-order valence-electron chi connectivity index (χ4n) is 1.65. The van der Waals surface area contributed by atoms with Crippen molar-refractivity contribution in [3.05, 3.63) is 58.2 Å². The molecule has 0 radical (unpaired) electrons. The molecule has 0 saturated carbocycles. The summed E-state index contributed by atoms with van der Waals surface area (Å²) in [5.41, 5.74) is 7.89. The third kappa shape index (κ3) is 3.31. The highest BCUT2D eigenvalue weighted by Gasteiger charge is 2.08.